The maximum atomic E-state index is 12.8. The van der Waals surface area contributed by atoms with Gasteiger partial charge in [0.15, 0.2) is 4.90 Å². The highest BCUT2D eigenvalue weighted by Gasteiger charge is 2.29. The predicted molar refractivity (Wildman–Crippen MR) is 93.0 cm³/mol. The molecule has 0 unspecified atom stereocenters. The molecule has 1 N–H and O–H groups in total. The van der Waals surface area contributed by atoms with Gasteiger partial charge < -0.3 is 9.47 Å². The van der Waals surface area contributed by atoms with E-state index in [1.54, 1.807) is 0 Å². The highest BCUT2D eigenvalue weighted by atomic mass is 32.2. The number of rotatable bonds is 6. The molecular formula is C16H16N2O7S. The maximum Gasteiger partial charge on any atom is 0.340 e. The smallest absolute Gasteiger partial charge is 0.340 e. The summed E-state index contributed by atoms with van der Waals surface area (Å²) in [6, 6.07) is 7.98. The number of carbonyl (C=O) groups is 1. The molecule has 0 aliphatic heterocycles. The molecule has 0 radical (unpaired) electrons. The molecule has 0 fully saturated rings. The lowest BCUT2D eigenvalue weighted by Crippen LogP contribution is -2.18. The van der Waals surface area contributed by atoms with Crippen LogP contribution < -0.4 is 9.46 Å². The van der Waals surface area contributed by atoms with Gasteiger partial charge in [0.1, 0.15) is 5.75 Å². The quantitative estimate of drug-likeness (QED) is 0.464. The van der Waals surface area contributed by atoms with Gasteiger partial charge in [-0.3, -0.25) is 14.8 Å². The molecule has 0 bridgehead atoms. The summed E-state index contributed by atoms with van der Waals surface area (Å²) < 4.78 is 37.4. The van der Waals surface area contributed by atoms with E-state index in [1.165, 1.54) is 44.4 Å². The number of aryl methyl sites for hydroxylation is 1. The number of ether oxygens (including phenoxy) is 2. The number of nitro groups is 1. The monoisotopic (exact) mass is 380 g/mol. The molecule has 138 valence electrons. The van der Waals surface area contributed by atoms with Gasteiger partial charge in [0.25, 0.3) is 15.7 Å². The van der Waals surface area contributed by atoms with E-state index in [9.17, 15) is 23.3 Å². The number of benzene rings is 2. The van der Waals surface area contributed by atoms with E-state index >= 15 is 0 Å². The molecule has 0 atom stereocenters. The van der Waals surface area contributed by atoms with Crippen LogP contribution in [0.3, 0.4) is 0 Å². The van der Waals surface area contributed by atoms with Crippen LogP contribution in [0.25, 0.3) is 0 Å². The van der Waals surface area contributed by atoms with Crippen LogP contribution in [0, 0.1) is 17.0 Å². The molecule has 10 heteroatoms. The number of nitro benzene ring substituents is 1. The largest absolute Gasteiger partial charge is 0.497 e. The average molecular weight is 380 g/mol. The Morgan fingerprint density at radius 3 is 2.46 bits per heavy atom. The van der Waals surface area contributed by atoms with Crippen molar-refractivity contribution in [2.24, 2.45) is 0 Å². The van der Waals surface area contributed by atoms with Gasteiger partial charge >= 0.3 is 5.97 Å². The predicted octanol–water partition coefficient (Wildman–Crippen LogP) is 2.50. The van der Waals surface area contributed by atoms with Gasteiger partial charge in [0.05, 0.1) is 30.4 Å². The fourth-order valence-electron chi connectivity index (χ4n) is 2.34. The molecule has 0 spiro atoms. The van der Waals surface area contributed by atoms with E-state index in [0.717, 1.165) is 13.2 Å². The Morgan fingerprint density at radius 2 is 1.88 bits per heavy atom. The average Bonchev–Trinajstić information content (AvgIpc) is 2.60. The summed E-state index contributed by atoms with van der Waals surface area (Å²) in [6.45, 7) is 1.44. The van der Waals surface area contributed by atoms with E-state index in [-0.39, 0.29) is 16.8 Å². The molecule has 0 saturated heterocycles. The lowest BCUT2D eigenvalue weighted by atomic mass is 10.2. The number of hydrogen-bond donors (Lipinski definition) is 1. The molecule has 2 rings (SSSR count). The van der Waals surface area contributed by atoms with Crippen LogP contribution in [0.2, 0.25) is 0 Å². The highest BCUT2D eigenvalue weighted by molar-refractivity contribution is 7.93. The van der Waals surface area contributed by atoms with Crippen molar-refractivity contribution in [2.45, 2.75) is 11.8 Å². The number of esters is 1. The van der Waals surface area contributed by atoms with Crippen LogP contribution in [0.4, 0.5) is 11.4 Å². The Bertz CT molecular complexity index is 971. The first-order valence-corrected chi connectivity index (χ1v) is 8.72. The summed E-state index contributed by atoms with van der Waals surface area (Å²) in [6.07, 6.45) is 0. The van der Waals surface area contributed by atoms with E-state index in [2.05, 4.69) is 9.46 Å². The standard InChI is InChI=1S/C16H16N2O7S/c1-10-5-4-6-14(18(20)21)15(10)26(22,23)17-13-8-7-11(24-2)9-12(13)16(19)25-3/h4-9,17H,1-3H3. The first-order chi connectivity index (χ1) is 12.2. The summed E-state index contributed by atoms with van der Waals surface area (Å²) in [5, 5.41) is 11.2. The minimum atomic E-state index is -4.34. The topological polar surface area (TPSA) is 125 Å². The number of methoxy groups -OCH3 is 2. The van der Waals surface area contributed by atoms with Crippen molar-refractivity contribution in [2.75, 3.05) is 18.9 Å². The minimum Gasteiger partial charge on any atom is -0.497 e. The van der Waals surface area contributed by atoms with E-state index in [1.807, 2.05) is 0 Å². The van der Waals surface area contributed by atoms with Gasteiger partial charge in [-0.1, -0.05) is 12.1 Å². The molecule has 0 aliphatic carbocycles. The summed E-state index contributed by atoms with van der Waals surface area (Å²) in [4.78, 5) is 21.9. The van der Waals surface area contributed by atoms with Crippen molar-refractivity contribution in [1.29, 1.82) is 0 Å². The zero-order chi connectivity index (χ0) is 19.5. The molecule has 9 nitrogen and oxygen atoms in total. The van der Waals surface area contributed by atoms with Gasteiger partial charge in [0, 0.05) is 6.07 Å². The van der Waals surface area contributed by atoms with E-state index in [4.69, 9.17) is 4.74 Å². The Hall–Kier alpha value is -3.14. The number of hydrogen-bond acceptors (Lipinski definition) is 7. The summed E-state index contributed by atoms with van der Waals surface area (Å²) in [5.41, 5.74) is -0.549. The molecule has 0 heterocycles. The van der Waals surface area contributed by atoms with Crippen LogP contribution >= 0.6 is 0 Å². The Morgan fingerprint density at radius 1 is 1.19 bits per heavy atom. The first-order valence-electron chi connectivity index (χ1n) is 7.24. The highest BCUT2D eigenvalue weighted by Crippen LogP contribution is 2.31. The lowest BCUT2D eigenvalue weighted by molar-refractivity contribution is -0.387. The number of nitrogens with one attached hydrogen (secondary N) is 1. The molecule has 2 aromatic rings. The number of carbonyl (C=O) groups excluding carboxylic acids is 1. The van der Waals surface area contributed by atoms with Gasteiger partial charge in [-0.25, -0.2) is 13.2 Å². The van der Waals surface area contributed by atoms with Crippen molar-refractivity contribution in [3.63, 3.8) is 0 Å². The van der Waals surface area contributed by atoms with Gasteiger partial charge in [-0.05, 0) is 30.7 Å². The number of sulfonamides is 1. The molecule has 2 aromatic carbocycles. The van der Waals surface area contributed by atoms with Crippen LogP contribution in [-0.2, 0) is 14.8 Å². The zero-order valence-corrected chi connectivity index (χ0v) is 15.0. The van der Waals surface area contributed by atoms with Crippen molar-refractivity contribution in [1.82, 2.24) is 0 Å². The van der Waals surface area contributed by atoms with Gasteiger partial charge in [-0.2, -0.15) is 0 Å². The summed E-state index contributed by atoms with van der Waals surface area (Å²) >= 11 is 0. The third kappa shape index (κ3) is 3.75. The van der Waals surface area contributed by atoms with E-state index in [0.29, 0.717) is 5.75 Å². The van der Waals surface area contributed by atoms with Crippen molar-refractivity contribution < 1.29 is 27.6 Å². The van der Waals surface area contributed by atoms with Crippen molar-refractivity contribution in [3.8, 4) is 5.75 Å². The van der Waals surface area contributed by atoms with Crippen LogP contribution in [-0.4, -0.2) is 33.5 Å². The molecular weight excluding hydrogens is 364 g/mol. The van der Waals surface area contributed by atoms with Crippen LogP contribution in [0.5, 0.6) is 5.75 Å². The fourth-order valence-corrected chi connectivity index (χ4v) is 3.82. The van der Waals surface area contributed by atoms with Gasteiger partial charge in [0.2, 0.25) is 0 Å². The summed E-state index contributed by atoms with van der Waals surface area (Å²) in [7, 11) is -1.81. The van der Waals surface area contributed by atoms with Crippen LogP contribution in [0.1, 0.15) is 15.9 Å². The Labute approximate surface area is 149 Å². The second-order valence-electron chi connectivity index (χ2n) is 5.19. The minimum absolute atomic E-state index is 0.0878. The second-order valence-corrected chi connectivity index (χ2v) is 6.81. The van der Waals surface area contributed by atoms with Crippen molar-refractivity contribution in [3.05, 3.63) is 57.6 Å². The van der Waals surface area contributed by atoms with Crippen LogP contribution in [0.15, 0.2) is 41.3 Å². The summed E-state index contributed by atoms with van der Waals surface area (Å²) in [5.74, 6) is -0.476. The number of anilines is 1. The zero-order valence-electron chi connectivity index (χ0n) is 14.2. The SMILES string of the molecule is COC(=O)c1cc(OC)ccc1NS(=O)(=O)c1c(C)cccc1[N+](=O)[O-]. The first kappa shape index (κ1) is 19.2. The van der Waals surface area contributed by atoms with Crippen molar-refractivity contribution >= 4 is 27.4 Å². The molecule has 0 amide bonds. The molecule has 0 aromatic heterocycles. The molecule has 0 saturated carbocycles. The molecule has 0 aliphatic rings. The molecule has 26 heavy (non-hydrogen) atoms. The third-order valence-electron chi connectivity index (χ3n) is 3.53. The normalized spacial score (nSPS) is 10.9. The van der Waals surface area contributed by atoms with Gasteiger partial charge in [-0.15, -0.1) is 0 Å². The second kappa shape index (κ2) is 7.40. The lowest BCUT2D eigenvalue weighted by Gasteiger charge is -2.14. The number of nitrogens with zero attached hydrogens (tertiary/aromatic N) is 1. The Kier molecular flexibility index (Phi) is 5.46. The van der Waals surface area contributed by atoms with E-state index < -0.39 is 31.5 Å². The Balaban J connectivity index is 2.59. The fraction of sp³-hybridized carbons (Fsp3) is 0.188. The third-order valence-corrected chi connectivity index (χ3v) is 5.09. The maximum absolute atomic E-state index is 12.8.